The van der Waals surface area contributed by atoms with Crippen molar-refractivity contribution in [2.24, 2.45) is 11.7 Å². The van der Waals surface area contributed by atoms with E-state index in [0.717, 1.165) is 12.8 Å². The Bertz CT molecular complexity index is 341. The Morgan fingerprint density at radius 2 is 2.11 bits per heavy atom. The zero-order valence-electron chi connectivity index (χ0n) is 11.5. The number of carboxylic acid groups (broad SMARTS) is 1. The molecule has 2 unspecified atom stereocenters. The summed E-state index contributed by atoms with van der Waals surface area (Å²) < 4.78 is 0. The number of hydrogen-bond donors (Lipinski definition) is 3. The average molecular weight is 256 g/mol. The molecule has 1 saturated carbocycles. The smallest absolute Gasteiger partial charge is 0.305 e. The van der Waals surface area contributed by atoms with Gasteiger partial charge >= 0.3 is 5.97 Å². The van der Waals surface area contributed by atoms with Crippen molar-refractivity contribution in [1.29, 1.82) is 0 Å². The van der Waals surface area contributed by atoms with Crippen molar-refractivity contribution in [3.63, 3.8) is 0 Å². The van der Waals surface area contributed by atoms with Crippen LogP contribution in [0.4, 0.5) is 0 Å². The Labute approximate surface area is 108 Å². The first-order valence-corrected chi connectivity index (χ1v) is 6.48. The van der Waals surface area contributed by atoms with Gasteiger partial charge in [0.2, 0.25) is 5.91 Å². The highest BCUT2D eigenvalue weighted by Gasteiger charge is 2.40. The Hall–Kier alpha value is -1.10. The maximum Gasteiger partial charge on any atom is 0.305 e. The lowest BCUT2D eigenvalue weighted by atomic mass is 9.76. The van der Waals surface area contributed by atoms with Crippen LogP contribution in [-0.2, 0) is 9.59 Å². The molecular formula is C13H24N2O3. The zero-order chi connectivity index (χ0) is 14.0. The maximum atomic E-state index is 12.2. The number of nitrogens with two attached hydrogens (primary N) is 1. The predicted molar refractivity (Wildman–Crippen MR) is 69.0 cm³/mol. The third-order valence-corrected chi connectivity index (χ3v) is 3.53. The summed E-state index contributed by atoms with van der Waals surface area (Å²) in [6.45, 7) is 5.50. The van der Waals surface area contributed by atoms with Gasteiger partial charge in [-0.25, -0.2) is 0 Å². The van der Waals surface area contributed by atoms with Crippen molar-refractivity contribution < 1.29 is 14.7 Å². The van der Waals surface area contributed by atoms with Crippen molar-refractivity contribution >= 4 is 11.9 Å². The molecular weight excluding hydrogens is 232 g/mol. The van der Waals surface area contributed by atoms with Gasteiger partial charge in [0.15, 0.2) is 0 Å². The standard InChI is InChI=1S/C13H24N2O3/c1-9-5-4-6-13(14,7-9)11(18)15-12(2,3)8-10(16)17/h9H,4-8,14H2,1-3H3,(H,15,18)(H,16,17). The second-order valence-electron chi connectivity index (χ2n) is 6.27. The Kier molecular flexibility index (Phi) is 4.37. The number of nitrogens with one attached hydrogen (secondary N) is 1. The van der Waals surface area contributed by atoms with Gasteiger partial charge < -0.3 is 16.2 Å². The first-order chi connectivity index (χ1) is 8.15. The lowest BCUT2D eigenvalue weighted by molar-refractivity contribution is -0.139. The molecule has 1 fully saturated rings. The van der Waals surface area contributed by atoms with E-state index in [9.17, 15) is 9.59 Å². The molecule has 0 bridgehead atoms. The van der Waals surface area contributed by atoms with E-state index in [1.54, 1.807) is 13.8 Å². The van der Waals surface area contributed by atoms with Gasteiger partial charge in [0, 0.05) is 5.54 Å². The third kappa shape index (κ3) is 3.98. The minimum Gasteiger partial charge on any atom is -0.481 e. The number of hydrogen-bond acceptors (Lipinski definition) is 3. The minimum atomic E-state index is -0.927. The van der Waals surface area contributed by atoms with E-state index < -0.39 is 17.0 Å². The van der Waals surface area contributed by atoms with Gasteiger partial charge in [0.05, 0.1) is 12.0 Å². The number of carbonyl (C=O) groups excluding carboxylic acids is 1. The molecule has 0 heterocycles. The van der Waals surface area contributed by atoms with Gasteiger partial charge in [-0.15, -0.1) is 0 Å². The number of aliphatic carboxylic acids is 1. The molecule has 0 aromatic rings. The normalized spacial score (nSPS) is 28.8. The molecule has 5 nitrogen and oxygen atoms in total. The van der Waals surface area contributed by atoms with Crippen LogP contribution < -0.4 is 11.1 Å². The Morgan fingerprint density at radius 3 is 2.61 bits per heavy atom. The molecule has 18 heavy (non-hydrogen) atoms. The summed E-state index contributed by atoms with van der Waals surface area (Å²) in [6, 6.07) is 0. The number of carboxylic acids is 1. The second-order valence-corrected chi connectivity index (χ2v) is 6.27. The molecule has 5 heteroatoms. The van der Waals surface area contributed by atoms with Gasteiger partial charge in [0.25, 0.3) is 0 Å². The van der Waals surface area contributed by atoms with E-state index in [2.05, 4.69) is 12.2 Å². The molecule has 0 saturated heterocycles. The van der Waals surface area contributed by atoms with E-state index in [1.165, 1.54) is 0 Å². The van der Waals surface area contributed by atoms with Crippen molar-refractivity contribution in [2.45, 2.75) is 64.0 Å². The number of carbonyl (C=O) groups is 2. The number of rotatable bonds is 4. The topological polar surface area (TPSA) is 92.4 Å². The first-order valence-electron chi connectivity index (χ1n) is 6.48. The highest BCUT2D eigenvalue weighted by molar-refractivity contribution is 5.87. The fraction of sp³-hybridized carbons (Fsp3) is 0.846. The van der Waals surface area contributed by atoms with E-state index in [-0.39, 0.29) is 12.3 Å². The molecule has 1 aliphatic carbocycles. The summed E-state index contributed by atoms with van der Waals surface area (Å²) >= 11 is 0. The fourth-order valence-electron chi connectivity index (χ4n) is 2.65. The third-order valence-electron chi connectivity index (χ3n) is 3.53. The zero-order valence-corrected chi connectivity index (χ0v) is 11.5. The molecule has 0 aromatic carbocycles. The summed E-state index contributed by atoms with van der Waals surface area (Å²) in [5.41, 5.74) is 4.56. The Morgan fingerprint density at radius 1 is 1.50 bits per heavy atom. The van der Waals surface area contributed by atoms with Crippen molar-refractivity contribution in [2.75, 3.05) is 0 Å². The fourth-order valence-corrected chi connectivity index (χ4v) is 2.65. The summed E-state index contributed by atoms with van der Waals surface area (Å²) in [7, 11) is 0. The molecule has 0 radical (unpaired) electrons. The van der Waals surface area contributed by atoms with Gasteiger partial charge in [-0.05, 0) is 32.6 Å². The molecule has 1 aliphatic rings. The summed E-state index contributed by atoms with van der Waals surface area (Å²) in [5.74, 6) is -0.708. The summed E-state index contributed by atoms with van der Waals surface area (Å²) in [5, 5.41) is 11.6. The van der Waals surface area contributed by atoms with Gasteiger partial charge in [0.1, 0.15) is 0 Å². The van der Waals surface area contributed by atoms with Crippen LogP contribution >= 0.6 is 0 Å². The second kappa shape index (κ2) is 5.26. The van der Waals surface area contributed by atoms with E-state index >= 15 is 0 Å². The lowest BCUT2D eigenvalue weighted by Gasteiger charge is -2.38. The monoisotopic (exact) mass is 256 g/mol. The predicted octanol–water partition coefficient (Wildman–Crippen LogP) is 1.26. The molecule has 0 spiro atoms. The Balaban J connectivity index is 2.66. The van der Waals surface area contributed by atoms with Gasteiger partial charge in [-0.2, -0.15) is 0 Å². The summed E-state index contributed by atoms with van der Waals surface area (Å²) in [6.07, 6.45) is 3.29. The molecule has 1 rings (SSSR count). The first kappa shape index (κ1) is 15.0. The highest BCUT2D eigenvalue weighted by Crippen LogP contribution is 2.31. The highest BCUT2D eigenvalue weighted by atomic mass is 16.4. The van der Waals surface area contributed by atoms with Crippen molar-refractivity contribution in [1.82, 2.24) is 5.32 Å². The van der Waals surface area contributed by atoms with Gasteiger partial charge in [-0.3, -0.25) is 9.59 Å². The summed E-state index contributed by atoms with van der Waals surface area (Å²) in [4.78, 5) is 23.0. The van der Waals surface area contributed by atoms with E-state index in [1.807, 2.05) is 0 Å². The molecule has 4 N–H and O–H groups in total. The van der Waals surface area contributed by atoms with Crippen LogP contribution in [0, 0.1) is 5.92 Å². The van der Waals surface area contributed by atoms with Crippen LogP contribution in [0.3, 0.4) is 0 Å². The van der Waals surface area contributed by atoms with Crippen LogP contribution in [0.15, 0.2) is 0 Å². The van der Waals surface area contributed by atoms with Crippen LogP contribution in [0.25, 0.3) is 0 Å². The molecule has 104 valence electrons. The largest absolute Gasteiger partial charge is 0.481 e. The SMILES string of the molecule is CC1CCCC(N)(C(=O)NC(C)(C)CC(=O)O)C1. The number of amides is 1. The van der Waals surface area contributed by atoms with Crippen LogP contribution in [0.5, 0.6) is 0 Å². The average Bonchev–Trinajstić information content (AvgIpc) is 2.13. The van der Waals surface area contributed by atoms with Crippen LogP contribution in [0.1, 0.15) is 52.9 Å². The van der Waals surface area contributed by atoms with Crippen molar-refractivity contribution in [3.05, 3.63) is 0 Å². The minimum absolute atomic E-state index is 0.107. The quantitative estimate of drug-likeness (QED) is 0.706. The lowest BCUT2D eigenvalue weighted by Crippen LogP contribution is -2.60. The maximum absolute atomic E-state index is 12.2. The molecule has 2 atom stereocenters. The molecule has 0 aromatic heterocycles. The van der Waals surface area contributed by atoms with E-state index in [4.69, 9.17) is 10.8 Å². The van der Waals surface area contributed by atoms with Gasteiger partial charge in [-0.1, -0.05) is 19.8 Å². The van der Waals surface area contributed by atoms with E-state index in [0.29, 0.717) is 18.8 Å². The van der Waals surface area contributed by atoms with Crippen LogP contribution in [0.2, 0.25) is 0 Å². The molecule has 0 aliphatic heterocycles. The van der Waals surface area contributed by atoms with Crippen LogP contribution in [-0.4, -0.2) is 28.1 Å². The van der Waals surface area contributed by atoms with Crippen molar-refractivity contribution in [3.8, 4) is 0 Å². The molecule has 1 amide bonds.